The minimum Gasteiger partial charge on any atom is -0.477 e. The van der Waals surface area contributed by atoms with Gasteiger partial charge in [-0.05, 0) is 83.5 Å². The number of rotatable bonds is 73. The van der Waals surface area contributed by atoms with E-state index in [0.717, 1.165) is 109 Å². The van der Waals surface area contributed by atoms with Crippen LogP contribution in [0.15, 0.2) is 109 Å². The molecule has 0 bridgehead atoms. The lowest BCUT2D eigenvalue weighted by Crippen LogP contribution is -2.40. The Labute approximate surface area is 581 Å². The molecule has 9 nitrogen and oxygen atoms in total. The van der Waals surface area contributed by atoms with Crippen molar-refractivity contribution in [3.05, 3.63) is 109 Å². The van der Waals surface area contributed by atoms with Crippen molar-refractivity contribution < 1.29 is 42.9 Å². The Morgan fingerprint density at radius 1 is 0.330 bits per heavy atom. The SMILES string of the molecule is CC/C=C\C/C=C\C/C=C\C/C=C\C/C=C\C/C=C\C/C=C\C/C=C\C/C=C\CCCCCCCC(=O)OC(COC(=O)CCCCCCCCCCCCCCCCCCCCCCCCCCCCCCCCCCCCCC)COC(OCC[N+](C)(C)C)C(=O)O. The first-order valence-electron chi connectivity index (χ1n) is 39.6. The zero-order chi connectivity index (χ0) is 68.2. The fraction of sp³-hybridized carbons (Fsp3) is 0.753. The van der Waals surface area contributed by atoms with Gasteiger partial charge in [0, 0.05) is 12.8 Å². The van der Waals surface area contributed by atoms with Crippen LogP contribution in [0, 0.1) is 0 Å². The number of quaternary nitrogens is 1. The fourth-order valence-corrected chi connectivity index (χ4v) is 11.3. The highest BCUT2D eigenvalue weighted by Gasteiger charge is 2.25. The molecule has 0 aromatic rings. The molecule has 0 amide bonds. The van der Waals surface area contributed by atoms with Crippen LogP contribution in [0.2, 0.25) is 0 Å². The first-order valence-corrected chi connectivity index (χ1v) is 39.6. The quantitative estimate of drug-likeness (QED) is 0.0211. The summed E-state index contributed by atoms with van der Waals surface area (Å²) in [6.45, 7) is 4.78. The molecule has 0 aromatic heterocycles. The molecule has 0 aliphatic rings. The van der Waals surface area contributed by atoms with Crippen molar-refractivity contribution in [2.75, 3.05) is 47.5 Å². The van der Waals surface area contributed by atoms with Crippen LogP contribution >= 0.6 is 0 Å². The number of esters is 2. The van der Waals surface area contributed by atoms with Crippen LogP contribution in [0.5, 0.6) is 0 Å². The summed E-state index contributed by atoms with van der Waals surface area (Å²) >= 11 is 0. The Morgan fingerprint density at radius 3 is 0.904 bits per heavy atom. The van der Waals surface area contributed by atoms with Gasteiger partial charge in [-0.2, -0.15) is 0 Å². The number of allylic oxidation sites excluding steroid dienone is 18. The smallest absolute Gasteiger partial charge is 0.361 e. The van der Waals surface area contributed by atoms with E-state index in [4.69, 9.17) is 18.9 Å². The molecule has 0 aliphatic carbocycles. The maximum Gasteiger partial charge on any atom is 0.361 e. The van der Waals surface area contributed by atoms with E-state index in [1.807, 2.05) is 21.1 Å². The van der Waals surface area contributed by atoms with E-state index in [1.54, 1.807) is 0 Å². The molecule has 0 saturated carbocycles. The van der Waals surface area contributed by atoms with Gasteiger partial charge in [0.25, 0.3) is 6.29 Å². The Bertz CT molecular complexity index is 1920. The van der Waals surface area contributed by atoms with Crippen molar-refractivity contribution >= 4 is 17.9 Å². The van der Waals surface area contributed by atoms with Gasteiger partial charge in [0.2, 0.25) is 0 Å². The minimum atomic E-state index is -1.52. The van der Waals surface area contributed by atoms with Crippen LogP contribution < -0.4 is 0 Å². The number of carbonyl (C=O) groups excluding carboxylic acids is 2. The summed E-state index contributed by atoms with van der Waals surface area (Å²) in [5.41, 5.74) is 0. The third-order valence-electron chi connectivity index (χ3n) is 17.3. The number of likely N-dealkylation sites (N-methyl/N-ethyl adjacent to an activating group) is 1. The molecule has 0 rings (SSSR count). The van der Waals surface area contributed by atoms with Crippen LogP contribution in [-0.2, 0) is 33.3 Å². The molecule has 2 atom stereocenters. The van der Waals surface area contributed by atoms with E-state index in [1.165, 1.54) is 212 Å². The summed E-state index contributed by atoms with van der Waals surface area (Å²) in [5.74, 6) is -2.02. The van der Waals surface area contributed by atoms with Crippen molar-refractivity contribution in [3.63, 3.8) is 0 Å². The standard InChI is InChI=1S/C85H149NO8/c1-6-8-10-12-14-16-18-20-22-24-26-28-30-32-34-36-38-40-41-42-44-45-47-49-51-53-55-57-59-61-63-65-67-69-71-73-75-82(87)92-79-81(80-93-85(84(89)90)91-78-77-86(3,4)5)94-83(88)76-74-72-70-68-66-64-62-60-58-56-54-52-50-48-46-43-39-37-35-33-31-29-27-25-23-21-19-17-15-13-11-9-7-2/h9,11,15,17,21,23,27,29,33,35,39,43,48,50,54,56,60,62,81,85H,6-8,10,12-14,16,18-20,22,24-26,28,30-32,34,36-38,40-42,44-47,49,51-53,55,57-59,61,63-80H2,1-5H3/p+1/b11-9-,17-15-,23-21-,29-27-,35-33-,43-39-,50-48-,56-54-,62-60-. The molecule has 0 aliphatic heterocycles. The number of aliphatic carboxylic acids is 1. The Kier molecular flexibility index (Phi) is 71.5. The van der Waals surface area contributed by atoms with Crippen LogP contribution in [-0.4, -0.2) is 87.4 Å². The second-order valence-corrected chi connectivity index (χ2v) is 27.7. The number of unbranched alkanes of at least 4 members (excludes halogenated alkanes) is 40. The first kappa shape index (κ1) is 90.0. The highest BCUT2D eigenvalue weighted by Crippen LogP contribution is 2.19. The average Bonchev–Trinajstić information content (AvgIpc) is 3.35. The van der Waals surface area contributed by atoms with Crippen molar-refractivity contribution in [3.8, 4) is 0 Å². The zero-order valence-corrected chi connectivity index (χ0v) is 62.1. The van der Waals surface area contributed by atoms with Gasteiger partial charge >= 0.3 is 17.9 Å². The van der Waals surface area contributed by atoms with E-state index >= 15 is 0 Å². The predicted molar refractivity (Wildman–Crippen MR) is 405 cm³/mol. The zero-order valence-electron chi connectivity index (χ0n) is 62.1. The molecule has 0 aromatic carbocycles. The average molecular weight is 1310 g/mol. The Morgan fingerprint density at radius 2 is 0.606 bits per heavy atom. The number of nitrogens with zero attached hydrogens (tertiary/aromatic N) is 1. The summed E-state index contributed by atoms with van der Waals surface area (Å²) in [6, 6.07) is 0. The van der Waals surface area contributed by atoms with Crippen LogP contribution in [0.1, 0.15) is 354 Å². The van der Waals surface area contributed by atoms with E-state index in [2.05, 4.69) is 123 Å². The summed E-state index contributed by atoms with van der Waals surface area (Å²) < 4.78 is 23.0. The van der Waals surface area contributed by atoms with E-state index < -0.39 is 24.3 Å². The third-order valence-corrected chi connectivity index (χ3v) is 17.3. The molecular formula is C85H150NO8+. The van der Waals surface area contributed by atoms with Gasteiger partial charge in [0.05, 0.1) is 34.4 Å². The molecule has 9 heteroatoms. The van der Waals surface area contributed by atoms with Crippen molar-refractivity contribution in [1.29, 1.82) is 0 Å². The highest BCUT2D eigenvalue weighted by atomic mass is 16.7. The molecule has 0 fully saturated rings. The predicted octanol–water partition coefficient (Wildman–Crippen LogP) is 25.3. The third kappa shape index (κ3) is 75.3. The summed E-state index contributed by atoms with van der Waals surface area (Å²) in [7, 11) is 5.97. The van der Waals surface area contributed by atoms with Gasteiger partial charge in [0.15, 0.2) is 6.10 Å². The molecular weight excluding hydrogens is 1160 g/mol. The van der Waals surface area contributed by atoms with Gasteiger partial charge in [-0.1, -0.05) is 367 Å². The summed E-state index contributed by atoms with van der Waals surface area (Å²) in [6.07, 6.45) is 102. The molecule has 2 unspecified atom stereocenters. The Balaban J connectivity index is 4.08. The first-order chi connectivity index (χ1) is 46.1. The fourth-order valence-electron chi connectivity index (χ4n) is 11.3. The molecule has 542 valence electrons. The lowest BCUT2D eigenvalue weighted by molar-refractivity contribution is -0.870. The van der Waals surface area contributed by atoms with Gasteiger partial charge in [-0.25, -0.2) is 4.79 Å². The van der Waals surface area contributed by atoms with Crippen molar-refractivity contribution in [2.45, 2.75) is 367 Å². The normalized spacial score (nSPS) is 13.2. The number of hydrogen-bond acceptors (Lipinski definition) is 7. The van der Waals surface area contributed by atoms with Crippen LogP contribution in [0.4, 0.5) is 0 Å². The lowest BCUT2D eigenvalue weighted by atomic mass is 10.0. The molecule has 0 heterocycles. The van der Waals surface area contributed by atoms with E-state index in [0.29, 0.717) is 23.9 Å². The topological polar surface area (TPSA) is 108 Å². The molecule has 1 N–H and O–H groups in total. The summed E-state index contributed by atoms with van der Waals surface area (Å²) in [5, 5.41) is 9.77. The Hall–Kier alpha value is -4.05. The number of carboxylic acids is 1. The monoisotopic (exact) mass is 1310 g/mol. The van der Waals surface area contributed by atoms with Crippen LogP contribution in [0.25, 0.3) is 0 Å². The molecule has 0 saturated heterocycles. The van der Waals surface area contributed by atoms with E-state index in [9.17, 15) is 19.5 Å². The number of hydrogen-bond donors (Lipinski definition) is 1. The summed E-state index contributed by atoms with van der Waals surface area (Å²) in [4.78, 5) is 37.7. The second-order valence-electron chi connectivity index (χ2n) is 27.7. The molecule has 0 spiro atoms. The van der Waals surface area contributed by atoms with Gasteiger partial charge in [0.1, 0.15) is 13.2 Å². The number of carboxylic acid groups (broad SMARTS) is 1. The van der Waals surface area contributed by atoms with Gasteiger partial charge < -0.3 is 28.5 Å². The van der Waals surface area contributed by atoms with Crippen LogP contribution in [0.3, 0.4) is 0 Å². The van der Waals surface area contributed by atoms with E-state index in [-0.39, 0.29) is 32.2 Å². The minimum absolute atomic E-state index is 0.180. The van der Waals surface area contributed by atoms with Crippen molar-refractivity contribution in [2.24, 2.45) is 0 Å². The second kappa shape index (κ2) is 74.7. The molecule has 0 radical (unpaired) electrons. The number of carbonyl (C=O) groups is 3. The lowest BCUT2D eigenvalue weighted by Gasteiger charge is -2.25. The molecule has 94 heavy (non-hydrogen) atoms. The van der Waals surface area contributed by atoms with Crippen molar-refractivity contribution in [1.82, 2.24) is 0 Å². The maximum atomic E-state index is 13.0. The largest absolute Gasteiger partial charge is 0.477 e. The maximum absolute atomic E-state index is 13.0. The highest BCUT2D eigenvalue weighted by molar-refractivity contribution is 5.71. The van der Waals surface area contributed by atoms with Gasteiger partial charge in [-0.15, -0.1) is 0 Å². The number of ether oxygens (including phenoxy) is 4. The van der Waals surface area contributed by atoms with Gasteiger partial charge in [-0.3, -0.25) is 9.59 Å².